The van der Waals surface area contributed by atoms with E-state index in [-0.39, 0.29) is 0 Å². The Morgan fingerprint density at radius 1 is 1.22 bits per heavy atom. The van der Waals surface area contributed by atoms with E-state index in [0.29, 0.717) is 6.04 Å². The predicted molar refractivity (Wildman–Crippen MR) is 74.4 cm³/mol. The molecule has 0 heterocycles. The maximum atomic E-state index is 5.35. The van der Waals surface area contributed by atoms with Gasteiger partial charge >= 0.3 is 0 Å². The number of rotatable bonds is 8. The van der Waals surface area contributed by atoms with E-state index in [2.05, 4.69) is 24.5 Å². The molecule has 0 saturated heterocycles. The lowest BCUT2D eigenvalue weighted by molar-refractivity contribution is 0.395. The first-order valence-corrected chi connectivity index (χ1v) is 6.36. The highest BCUT2D eigenvalue weighted by atomic mass is 16.5. The molecule has 2 N–H and O–H groups in total. The topological polar surface area (TPSA) is 42.5 Å². The average molecular weight is 252 g/mol. The third-order valence-electron chi connectivity index (χ3n) is 2.83. The first-order chi connectivity index (χ1) is 8.71. The van der Waals surface area contributed by atoms with Gasteiger partial charge < -0.3 is 20.1 Å². The van der Waals surface area contributed by atoms with E-state index in [0.717, 1.165) is 36.7 Å². The van der Waals surface area contributed by atoms with Gasteiger partial charge in [0.25, 0.3) is 0 Å². The molecule has 4 nitrogen and oxygen atoms in total. The van der Waals surface area contributed by atoms with Gasteiger partial charge in [-0.2, -0.15) is 0 Å². The highest BCUT2D eigenvalue weighted by Gasteiger charge is 2.06. The Hall–Kier alpha value is -1.26. The van der Waals surface area contributed by atoms with E-state index in [1.54, 1.807) is 14.2 Å². The molecule has 0 aliphatic carbocycles. The van der Waals surface area contributed by atoms with E-state index >= 15 is 0 Å². The van der Waals surface area contributed by atoms with E-state index < -0.39 is 0 Å². The standard InChI is InChI=1S/C14H24N2O2/c1-5-15-9-11(2)16-10-12-8-13(17-3)6-7-14(12)18-4/h6-8,11,15-16H,5,9-10H2,1-4H3. The molecule has 1 unspecified atom stereocenters. The van der Waals surface area contributed by atoms with Gasteiger partial charge in [-0.25, -0.2) is 0 Å². The fourth-order valence-corrected chi connectivity index (χ4v) is 1.74. The SMILES string of the molecule is CCNCC(C)NCc1cc(OC)ccc1OC. The van der Waals surface area contributed by atoms with Crippen molar-refractivity contribution < 1.29 is 9.47 Å². The maximum absolute atomic E-state index is 5.35. The molecule has 0 amide bonds. The number of methoxy groups -OCH3 is 2. The van der Waals surface area contributed by atoms with Crippen LogP contribution in [-0.4, -0.2) is 33.4 Å². The van der Waals surface area contributed by atoms with Crippen LogP contribution in [0.1, 0.15) is 19.4 Å². The normalized spacial score (nSPS) is 12.2. The lowest BCUT2D eigenvalue weighted by atomic mass is 10.1. The van der Waals surface area contributed by atoms with Gasteiger partial charge in [0, 0.05) is 24.7 Å². The van der Waals surface area contributed by atoms with Crippen LogP contribution in [0.15, 0.2) is 18.2 Å². The fraction of sp³-hybridized carbons (Fsp3) is 0.571. The molecule has 0 radical (unpaired) electrons. The van der Waals surface area contributed by atoms with Crippen LogP contribution in [0.4, 0.5) is 0 Å². The molecule has 1 aromatic rings. The van der Waals surface area contributed by atoms with Gasteiger partial charge in [-0.3, -0.25) is 0 Å². The van der Waals surface area contributed by atoms with Crippen LogP contribution >= 0.6 is 0 Å². The molecule has 0 aromatic heterocycles. The van der Waals surface area contributed by atoms with Crippen molar-refractivity contribution in [2.24, 2.45) is 0 Å². The molecular formula is C14H24N2O2. The summed E-state index contributed by atoms with van der Waals surface area (Å²) in [6.45, 7) is 7.00. The Bertz CT molecular complexity index is 356. The highest BCUT2D eigenvalue weighted by Crippen LogP contribution is 2.23. The predicted octanol–water partition coefficient (Wildman–Crippen LogP) is 1.79. The highest BCUT2D eigenvalue weighted by molar-refractivity contribution is 5.40. The van der Waals surface area contributed by atoms with Crippen molar-refractivity contribution in [2.45, 2.75) is 26.4 Å². The first-order valence-electron chi connectivity index (χ1n) is 6.36. The summed E-state index contributed by atoms with van der Waals surface area (Å²) in [5.74, 6) is 1.74. The van der Waals surface area contributed by atoms with Crippen LogP contribution in [0.2, 0.25) is 0 Å². The summed E-state index contributed by atoms with van der Waals surface area (Å²) in [7, 11) is 3.36. The van der Waals surface area contributed by atoms with Crippen molar-refractivity contribution in [3.63, 3.8) is 0 Å². The van der Waals surface area contributed by atoms with E-state index in [1.807, 2.05) is 18.2 Å². The molecule has 0 fully saturated rings. The second-order valence-electron chi connectivity index (χ2n) is 4.27. The van der Waals surface area contributed by atoms with Crippen LogP contribution in [0.5, 0.6) is 11.5 Å². The summed E-state index contributed by atoms with van der Waals surface area (Å²) >= 11 is 0. The smallest absolute Gasteiger partial charge is 0.123 e. The van der Waals surface area contributed by atoms with Crippen LogP contribution < -0.4 is 20.1 Å². The molecule has 0 bridgehead atoms. The number of benzene rings is 1. The minimum Gasteiger partial charge on any atom is -0.497 e. The molecule has 4 heteroatoms. The van der Waals surface area contributed by atoms with Gasteiger partial charge in [-0.15, -0.1) is 0 Å². The van der Waals surface area contributed by atoms with Gasteiger partial charge in [0.05, 0.1) is 14.2 Å². The van der Waals surface area contributed by atoms with Crippen LogP contribution in [0, 0.1) is 0 Å². The van der Waals surface area contributed by atoms with Gasteiger partial charge in [-0.05, 0) is 31.7 Å². The molecule has 1 atom stereocenters. The Labute approximate surface area is 110 Å². The lowest BCUT2D eigenvalue weighted by Crippen LogP contribution is -2.35. The minimum atomic E-state index is 0.417. The largest absolute Gasteiger partial charge is 0.497 e. The molecule has 0 aliphatic rings. The molecule has 1 aromatic carbocycles. The molecular weight excluding hydrogens is 228 g/mol. The average Bonchev–Trinajstić information content (AvgIpc) is 2.42. The third kappa shape index (κ3) is 4.55. The summed E-state index contributed by atoms with van der Waals surface area (Å²) in [6.07, 6.45) is 0. The van der Waals surface area contributed by atoms with Crippen LogP contribution in [-0.2, 0) is 6.54 Å². The first kappa shape index (κ1) is 14.8. The monoisotopic (exact) mass is 252 g/mol. The molecule has 0 spiro atoms. The van der Waals surface area contributed by atoms with Crippen molar-refractivity contribution in [1.82, 2.24) is 10.6 Å². The van der Waals surface area contributed by atoms with E-state index in [4.69, 9.17) is 9.47 Å². The van der Waals surface area contributed by atoms with Crippen molar-refractivity contribution in [2.75, 3.05) is 27.3 Å². The maximum Gasteiger partial charge on any atom is 0.123 e. The zero-order valence-electron chi connectivity index (χ0n) is 11.7. The number of ether oxygens (including phenoxy) is 2. The number of nitrogens with one attached hydrogen (secondary N) is 2. The zero-order chi connectivity index (χ0) is 13.4. The van der Waals surface area contributed by atoms with Crippen molar-refractivity contribution >= 4 is 0 Å². The summed E-state index contributed by atoms with van der Waals surface area (Å²) in [4.78, 5) is 0. The number of likely N-dealkylation sites (N-methyl/N-ethyl adjacent to an activating group) is 1. The van der Waals surface area contributed by atoms with Crippen LogP contribution in [0.3, 0.4) is 0 Å². The van der Waals surface area contributed by atoms with E-state index in [9.17, 15) is 0 Å². The second kappa shape index (κ2) is 7.95. The fourth-order valence-electron chi connectivity index (χ4n) is 1.74. The van der Waals surface area contributed by atoms with Gasteiger partial charge in [-0.1, -0.05) is 6.92 Å². The van der Waals surface area contributed by atoms with Gasteiger partial charge in [0.15, 0.2) is 0 Å². The van der Waals surface area contributed by atoms with Crippen molar-refractivity contribution in [3.05, 3.63) is 23.8 Å². The zero-order valence-corrected chi connectivity index (χ0v) is 11.7. The molecule has 1 rings (SSSR count). The summed E-state index contributed by atoms with van der Waals surface area (Å²) < 4.78 is 10.6. The van der Waals surface area contributed by atoms with Gasteiger partial charge in [0.2, 0.25) is 0 Å². The quantitative estimate of drug-likeness (QED) is 0.740. The van der Waals surface area contributed by atoms with Crippen molar-refractivity contribution in [3.8, 4) is 11.5 Å². The Balaban J connectivity index is 2.59. The number of hydrogen-bond donors (Lipinski definition) is 2. The Kier molecular flexibility index (Phi) is 6.54. The minimum absolute atomic E-state index is 0.417. The molecule has 0 saturated carbocycles. The summed E-state index contributed by atoms with van der Waals surface area (Å²) in [5, 5.41) is 6.78. The van der Waals surface area contributed by atoms with E-state index in [1.165, 1.54) is 0 Å². The number of hydrogen-bond acceptors (Lipinski definition) is 4. The molecule has 102 valence electrons. The molecule has 18 heavy (non-hydrogen) atoms. The summed E-state index contributed by atoms with van der Waals surface area (Å²) in [6, 6.07) is 6.27. The van der Waals surface area contributed by atoms with Crippen LogP contribution in [0.25, 0.3) is 0 Å². The van der Waals surface area contributed by atoms with Crippen molar-refractivity contribution in [1.29, 1.82) is 0 Å². The lowest BCUT2D eigenvalue weighted by Gasteiger charge is -2.16. The van der Waals surface area contributed by atoms with Gasteiger partial charge in [0.1, 0.15) is 11.5 Å². The Morgan fingerprint density at radius 3 is 2.61 bits per heavy atom. The third-order valence-corrected chi connectivity index (χ3v) is 2.83. The summed E-state index contributed by atoms with van der Waals surface area (Å²) in [5.41, 5.74) is 1.11. The molecule has 0 aliphatic heterocycles. The second-order valence-corrected chi connectivity index (χ2v) is 4.27. The Morgan fingerprint density at radius 2 is 2.00 bits per heavy atom.